The van der Waals surface area contributed by atoms with Gasteiger partial charge in [-0.15, -0.1) is 35.3 Å². The van der Waals surface area contributed by atoms with Gasteiger partial charge in [-0.1, -0.05) is 20.8 Å². The molecule has 0 aliphatic carbocycles. The van der Waals surface area contributed by atoms with Crippen molar-refractivity contribution in [2.45, 2.75) is 134 Å². The molecule has 0 saturated carbocycles. The molecular weight excluding hydrogens is 1210 g/mol. The molecule has 1 aromatic rings. The Hall–Kier alpha value is -7.80. The van der Waals surface area contributed by atoms with Crippen LogP contribution in [0.2, 0.25) is 0 Å². The molecule has 0 heterocycles. The van der Waals surface area contributed by atoms with Gasteiger partial charge in [0.05, 0.1) is 17.3 Å². The molecule has 0 aromatic heterocycles. The average molecular weight is 1290 g/mol. The fourth-order valence-corrected chi connectivity index (χ4v) is 10.6. The zero-order valence-corrected chi connectivity index (χ0v) is 50.5. The summed E-state index contributed by atoms with van der Waals surface area (Å²) in [6, 6.07) is -8.20. The van der Waals surface area contributed by atoms with Crippen molar-refractivity contribution >= 4 is 124 Å². The SMILES string of the molecule is CCc1c(CNC(=O)CSC[C@H](NC(=O)CC[C@H](N)C(=O)O)C(=O)NCC(=O)O)c(CC)c(CNC(=O)CSC[C@H](NC(=O)CC[C@H](N)C(=O)O)C(=O)NCC(=O)O)c(CC)c1CNC(=O)CSC[C@H](NC(=O)CC[C@H](N)C(=O)O)C(=O)NCC(=O)O. The normalized spacial score (nSPS) is 12.9. The van der Waals surface area contributed by atoms with Gasteiger partial charge in [-0.2, -0.15) is 0 Å². The Bertz CT molecular complexity index is 2350. The molecule has 0 bridgehead atoms. The van der Waals surface area contributed by atoms with Crippen molar-refractivity contribution in [3.8, 4) is 0 Å². The smallest absolute Gasteiger partial charge is 0.322 e. The summed E-state index contributed by atoms with van der Waals surface area (Å²) in [6.45, 7) is 2.74. The van der Waals surface area contributed by atoms with Crippen LogP contribution in [0.5, 0.6) is 0 Å². The highest BCUT2D eigenvalue weighted by Gasteiger charge is 2.28. The first-order valence-corrected chi connectivity index (χ1v) is 30.4. The third-order valence-electron chi connectivity index (χ3n) is 12.4. The van der Waals surface area contributed by atoms with Gasteiger partial charge in [0.2, 0.25) is 53.2 Å². The first kappa shape index (κ1) is 77.2. The number of rotatable bonds is 45. The highest BCUT2D eigenvalue weighted by molar-refractivity contribution is 8.00. The summed E-state index contributed by atoms with van der Waals surface area (Å²) < 4.78 is 0. The lowest BCUT2D eigenvalue weighted by Crippen LogP contribution is -2.49. The summed E-state index contributed by atoms with van der Waals surface area (Å²) in [6.07, 6.45) is -1.00. The lowest BCUT2D eigenvalue weighted by atomic mass is 9.83. The van der Waals surface area contributed by atoms with Crippen molar-refractivity contribution < 1.29 is 103 Å². The van der Waals surface area contributed by atoms with Gasteiger partial charge >= 0.3 is 35.8 Å². The summed E-state index contributed by atoms with van der Waals surface area (Å²) >= 11 is 2.70. The number of nitrogens with two attached hydrogens (primary N) is 3. The van der Waals surface area contributed by atoms with Gasteiger partial charge in [0, 0.05) is 56.2 Å². The Morgan fingerprint density at radius 3 is 0.782 bits per heavy atom. The minimum Gasteiger partial charge on any atom is -0.480 e. The highest BCUT2D eigenvalue weighted by Crippen LogP contribution is 2.31. The zero-order valence-electron chi connectivity index (χ0n) is 48.1. The van der Waals surface area contributed by atoms with Gasteiger partial charge in [0.1, 0.15) is 55.9 Å². The number of thioether (sulfide) groups is 3. The Labute approximate surface area is 511 Å². The van der Waals surface area contributed by atoms with Crippen LogP contribution in [0.25, 0.3) is 0 Å². The molecule has 9 amide bonds. The molecule has 0 radical (unpaired) electrons. The molecule has 0 saturated heterocycles. The fraction of sp³-hybridized carbons (Fsp3) is 0.588. The van der Waals surface area contributed by atoms with E-state index < -0.39 is 164 Å². The summed E-state index contributed by atoms with van der Waals surface area (Å²) in [5, 5.41) is 76.8. The van der Waals surface area contributed by atoms with Crippen LogP contribution in [0.15, 0.2) is 0 Å². The molecule has 1 rings (SSSR count). The Morgan fingerprint density at radius 2 is 0.586 bits per heavy atom. The van der Waals surface area contributed by atoms with E-state index in [4.69, 9.17) is 47.8 Å². The molecule has 0 fully saturated rings. The van der Waals surface area contributed by atoms with E-state index in [0.29, 0.717) is 52.6 Å². The summed E-state index contributed by atoms with van der Waals surface area (Å²) in [4.78, 5) is 185. The lowest BCUT2D eigenvalue weighted by Gasteiger charge is -2.27. The van der Waals surface area contributed by atoms with Crippen molar-refractivity contribution in [3.63, 3.8) is 0 Å². The van der Waals surface area contributed by atoms with E-state index in [1.54, 1.807) is 0 Å². The number of aliphatic carboxylic acids is 6. The second-order valence-electron chi connectivity index (χ2n) is 19.0. The monoisotopic (exact) mass is 1290 g/mol. The zero-order chi connectivity index (χ0) is 65.9. The largest absolute Gasteiger partial charge is 0.480 e. The molecule has 0 spiro atoms. The maximum atomic E-state index is 13.6. The first-order chi connectivity index (χ1) is 40.9. The van der Waals surface area contributed by atoms with E-state index in [9.17, 15) is 71.9 Å². The molecule has 6 atom stereocenters. The van der Waals surface area contributed by atoms with Crippen molar-refractivity contribution in [1.82, 2.24) is 47.9 Å². The average Bonchev–Trinajstić information content (AvgIpc) is 1.86. The molecule has 0 aliphatic rings. The van der Waals surface area contributed by atoms with Gasteiger partial charge in [-0.05, 0) is 71.9 Å². The van der Waals surface area contributed by atoms with Gasteiger partial charge in [-0.3, -0.25) is 71.9 Å². The van der Waals surface area contributed by atoms with Crippen molar-refractivity contribution in [3.05, 3.63) is 33.4 Å². The molecule has 33 nitrogen and oxygen atoms in total. The van der Waals surface area contributed by atoms with E-state index >= 15 is 0 Å². The number of carbonyl (C=O) groups excluding carboxylic acids is 9. The topological polar surface area (TPSA) is 564 Å². The number of carboxylic acids is 6. The van der Waals surface area contributed by atoms with Crippen LogP contribution in [-0.2, 0) is 111 Å². The first-order valence-electron chi connectivity index (χ1n) is 27.0. The molecule has 87 heavy (non-hydrogen) atoms. The number of carboxylic acid groups (broad SMARTS) is 6. The summed E-state index contributed by atoms with van der Waals surface area (Å²) in [5.41, 5.74) is 20.4. The van der Waals surface area contributed by atoms with Gasteiger partial charge < -0.3 is 95.7 Å². The third kappa shape index (κ3) is 30.9. The van der Waals surface area contributed by atoms with Crippen LogP contribution < -0.4 is 65.1 Å². The van der Waals surface area contributed by atoms with Gasteiger partial charge in [0.15, 0.2) is 0 Å². The third-order valence-corrected chi connectivity index (χ3v) is 15.5. The molecule has 486 valence electrons. The van der Waals surface area contributed by atoms with E-state index in [0.717, 1.165) is 35.3 Å². The van der Waals surface area contributed by atoms with Crippen LogP contribution in [0.4, 0.5) is 0 Å². The van der Waals surface area contributed by atoms with Crippen LogP contribution in [0, 0.1) is 0 Å². The van der Waals surface area contributed by atoms with E-state index in [1.807, 2.05) is 20.8 Å². The second kappa shape index (κ2) is 41.3. The predicted octanol–water partition coefficient (Wildman–Crippen LogP) is -4.94. The molecule has 21 N–H and O–H groups in total. The molecule has 0 aliphatic heterocycles. The van der Waals surface area contributed by atoms with E-state index in [2.05, 4.69) is 47.9 Å². The maximum Gasteiger partial charge on any atom is 0.322 e. The number of benzene rings is 1. The Morgan fingerprint density at radius 1 is 0.356 bits per heavy atom. The van der Waals surface area contributed by atoms with Crippen molar-refractivity contribution in [2.75, 3.05) is 54.2 Å². The van der Waals surface area contributed by atoms with E-state index in [1.165, 1.54) is 0 Å². The molecule has 0 unspecified atom stereocenters. The highest BCUT2D eigenvalue weighted by atomic mass is 32.2. The number of nitrogens with one attached hydrogen (secondary N) is 9. The van der Waals surface area contributed by atoms with Crippen LogP contribution in [0.3, 0.4) is 0 Å². The van der Waals surface area contributed by atoms with Crippen molar-refractivity contribution in [2.24, 2.45) is 17.2 Å². The number of hydrogen-bond donors (Lipinski definition) is 18. The fourth-order valence-electron chi connectivity index (χ4n) is 7.97. The minimum atomic E-state index is -1.38. The summed E-state index contributed by atoms with van der Waals surface area (Å²) in [5.74, 6) is -16.5. The Balaban J connectivity index is 3.62. The minimum absolute atomic E-state index is 0.120. The predicted molar refractivity (Wildman–Crippen MR) is 314 cm³/mol. The molecular formula is C51H78N12O21S3. The Kier molecular flexibility index (Phi) is 36.7. The van der Waals surface area contributed by atoms with Crippen LogP contribution in [-0.4, -0.2) is 210 Å². The van der Waals surface area contributed by atoms with Crippen molar-refractivity contribution in [1.29, 1.82) is 0 Å². The standard InChI is InChI=1S/C51H78N12O21S3/c1-4-25-28(13-55-40(67)22-85-19-34(46(76)58-16-43(70)71)61-37(64)10-7-31(52)49(79)80)26(5-2)30(15-57-42(69)24-87-21-36(48(78)60-18-45(74)75)63-39(66)12-9-33(54)51(83)84)27(6-3)29(25)14-56-41(68)23-86-20-35(47(77)59-17-44(72)73)62-38(65)11-8-32(53)50(81)82/h31-36H,4-24,52-54H2,1-3H3,(H,55,67)(H,56,68)(H,57,69)(H,58,76)(H,59,77)(H,60,78)(H,61,64)(H,62,65)(H,63,66)(H,70,71)(H,72,73)(H,74,75)(H,79,80)(H,81,82)(H,83,84)/t31-,32-,33-,34-,35-,36-/m0/s1. The quantitative estimate of drug-likeness (QED) is 0.0291. The van der Waals surface area contributed by atoms with Crippen LogP contribution >= 0.6 is 35.3 Å². The number of amides is 9. The van der Waals surface area contributed by atoms with Gasteiger partial charge in [0.25, 0.3) is 0 Å². The van der Waals surface area contributed by atoms with E-state index in [-0.39, 0.29) is 73.4 Å². The van der Waals surface area contributed by atoms with Crippen LogP contribution in [0.1, 0.15) is 92.7 Å². The van der Waals surface area contributed by atoms with Gasteiger partial charge in [-0.25, -0.2) is 0 Å². The number of carbonyl (C=O) groups is 15. The maximum absolute atomic E-state index is 13.6. The lowest BCUT2D eigenvalue weighted by molar-refractivity contribution is -0.140. The molecule has 36 heteroatoms. The molecule has 1 aromatic carbocycles. The summed E-state index contributed by atoms with van der Waals surface area (Å²) in [7, 11) is 0. The second-order valence-corrected chi connectivity index (χ2v) is 22.0. The number of hydrogen-bond acceptors (Lipinski definition) is 21.